The van der Waals surface area contributed by atoms with Crippen LogP contribution < -0.4 is 14.2 Å². The summed E-state index contributed by atoms with van der Waals surface area (Å²) in [7, 11) is 0. The van der Waals surface area contributed by atoms with Crippen LogP contribution in [0.15, 0.2) is 116 Å². The highest BCUT2D eigenvalue weighted by molar-refractivity contribution is 5.93. The molecule has 4 rings (SSSR count). The van der Waals surface area contributed by atoms with E-state index in [4.69, 9.17) is 23.7 Å². The minimum Gasteiger partial charge on any atom is -0.494 e. The molecule has 0 aliphatic carbocycles. The number of hydrogen-bond donors (Lipinski definition) is 0. The maximum Gasteiger partial charge on any atom is 0.343 e. The maximum atomic E-state index is 12.7. The highest BCUT2D eigenvalue weighted by Crippen LogP contribution is 2.24. The molecule has 0 spiro atoms. The van der Waals surface area contributed by atoms with Crippen LogP contribution >= 0.6 is 0 Å². The molecule has 0 unspecified atom stereocenters. The highest BCUT2D eigenvalue weighted by Gasteiger charge is 2.12. The van der Waals surface area contributed by atoms with E-state index < -0.39 is 17.9 Å². The third kappa shape index (κ3) is 12.0. The second-order valence-electron chi connectivity index (χ2n) is 10.8. The zero-order chi connectivity index (χ0) is 34.8. The topological polar surface area (TPSA) is 114 Å². The summed E-state index contributed by atoms with van der Waals surface area (Å²) < 4.78 is 26.7. The molecule has 9 nitrogen and oxygen atoms in total. The predicted molar refractivity (Wildman–Crippen MR) is 185 cm³/mol. The van der Waals surface area contributed by atoms with Gasteiger partial charge in [-0.25, -0.2) is 19.2 Å². The van der Waals surface area contributed by atoms with Crippen molar-refractivity contribution in [3.05, 3.63) is 132 Å². The number of rotatable bonds is 17. The Hall–Kier alpha value is -5.96. The molecule has 0 bridgehead atoms. The second kappa shape index (κ2) is 19.0. The summed E-state index contributed by atoms with van der Waals surface area (Å²) in [6.45, 7) is 6.54. The number of esters is 4. The van der Waals surface area contributed by atoms with Gasteiger partial charge in [0.25, 0.3) is 0 Å². The van der Waals surface area contributed by atoms with E-state index >= 15 is 0 Å². The second-order valence-corrected chi connectivity index (χ2v) is 10.8. The fourth-order valence-electron chi connectivity index (χ4n) is 4.34. The summed E-state index contributed by atoms with van der Waals surface area (Å²) in [4.78, 5) is 48.2. The number of carbonyl (C=O) groups excluding carboxylic acids is 4. The van der Waals surface area contributed by atoms with Gasteiger partial charge in [0.1, 0.15) is 17.2 Å². The van der Waals surface area contributed by atoms with Gasteiger partial charge in [-0.2, -0.15) is 0 Å². The average Bonchev–Trinajstić information content (AvgIpc) is 3.13. The fourth-order valence-corrected chi connectivity index (χ4v) is 4.34. The number of carbonyl (C=O) groups is 4. The summed E-state index contributed by atoms with van der Waals surface area (Å²) in [5.41, 5.74) is 3.40. The van der Waals surface area contributed by atoms with Crippen LogP contribution in [0.4, 0.5) is 0 Å². The van der Waals surface area contributed by atoms with E-state index in [1.807, 2.05) is 43.3 Å². The normalized spacial score (nSPS) is 10.6. The van der Waals surface area contributed by atoms with Crippen molar-refractivity contribution >= 4 is 30.0 Å². The number of hydrogen-bond acceptors (Lipinski definition) is 9. The zero-order valence-electron chi connectivity index (χ0n) is 27.3. The first kappa shape index (κ1) is 35.9. The zero-order valence-corrected chi connectivity index (χ0v) is 27.3. The highest BCUT2D eigenvalue weighted by atomic mass is 16.5. The molecule has 0 aliphatic heterocycles. The molecule has 0 saturated carbocycles. The van der Waals surface area contributed by atoms with Gasteiger partial charge in [-0.15, -0.1) is 0 Å². The smallest absolute Gasteiger partial charge is 0.343 e. The van der Waals surface area contributed by atoms with Gasteiger partial charge < -0.3 is 23.7 Å². The molecule has 0 amide bonds. The summed E-state index contributed by atoms with van der Waals surface area (Å²) in [6, 6.07) is 27.5. The van der Waals surface area contributed by atoms with Crippen LogP contribution in [0.1, 0.15) is 58.9 Å². The van der Waals surface area contributed by atoms with Crippen LogP contribution in [0, 0.1) is 0 Å². The Morgan fingerprint density at radius 1 is 0.571 bits per heavy atom. The summed E-state index contributed by atoms with van der Waals surface area (Å²) in [5.74, 6) is -0.664. The van der Waals surface area contributed by atoms with E-state index in [-0.39, 0.29) is 11.7 Å². The molecule has 252 valence electrons. The first-order valence-corrected chi connectivity index (χ1v) is 16.0. The number of ether oxygens (including phenoxy) is 5. The van der Waals surface area contributed by atoms with E-state index in [9.17, 15) is 19.2 Å². The largest absolute Gasteiger partial charge is 0.494 e. The lowest BCUT2D eigenvalue weighted by Crippen LogP contribution is -2.10. The Bertz CT molecular complexity index is 1720. The molecule has 0 atom stereocenters. The van der Waals surface area contributed by atoms with Crippen molar-refractivity contribution in [1.29, 1.82) is 0 Å². The molecule has 0 radical (unpaired) electrons. The Labute approximate surface area is 285 Å². The summed E-state index contributed by atoms with van der Waals surface area (Å²) in [6.07, 6.45) is 7.42. The monoisotopic (exact) mass is 662 g/mol. The molecule has 9 heteroatoms. The van der Waals surface area contributed by atoms with Crippen LogP contribution in [-0.4, -0.2) is 43.7 Å². The lowest BCUT2D eigenvalue weighted by atomic mass is 10.0. The first-order chi connectivity index (χ1) is 23.8. The molecule has 0 aliphatic rings. The van der Waals surface area contributed by atoms with E-state index in [1.54, 1.807) is 42.5 Å². The van der Waals surface area contributed by atoms with Crippen LogP contribution in [0.25, 0.3) is 17.2 Å². The molecule has 0 saturated heterocycles. The SMILES string of the molecule is C=CC(=O)OCCCCOc1ccc(C(=O)Oc2ccc(C(=O)Oc3ccc(-c4ccc(C=CC(=O)OCCCC)cc4)cc3)cc2)cc1. The van der Waals surface area contributed by atoms with Crippen molar-refractivity contribution in [3.8, 4) is 28.4 Å². The quantitative estimate of drug-likeness (QED) is 0.0480. The molecule has 49 heavy (non-hydrogen) atoms. The number of unbranched alkanes of at least 4 members (excludes halogenated alkanes) is 2. The summed E-state index contributed by atoms with van der Waals surface area (Å²) >= 11 is 0. The van der Waals surface area contributed by atoms with E-state index in [0.717, 1.165) is 35.6 Å². The van der Waals surface area contributed by atoms with Crippen LogP contribution in [0.3, 0.4) is 0 Å². The lowest BCUT2D eigenvalue weighted by molar-refractivity contribution is -0.138. The van der Waals surface area contributed by atoms with Gasteiger partial charge in [0.05, 0.1) is 30.9 Å². The molecular formula is C40H38O9. The molecule has 4 aromatic rings. The van der Waals surface area contributed by atoms with Crippen molar-refractivity contribution in [1.82, 2.24) is 0 Å². The summed E-state index contributed by atoms with van der Waals surface area (Å²) in [5, 5.41) is 0. The van der Waals surface area contributed by atoms with Crippen LogP contribution in [0.5, 0.6) is 17.2 Å². The van der Waals surface area contributed by atoms with Crippen molar-refractivity contribution in [2.45, 2.75) is 32.6 Å². The predicted octanol–water partition coefficient (Wildman–Crippen LogP) is 8.04. The van der Waals surface area contributed by atoms with Gasteiger partial charge >= 0.3 is 23.9 Å². The molecule has 0 fully saturated rings. The lowest BCUT2D eigenvalue weighted by Gasteiger charge is -2.09. The van der Waals surface area contributed by atoms with E-state index in [2.05, 4.69) is 6.58 Å². The van der Waals surface area contributed by atoms with Crippen molar-refractivity contribution in [2.24, 2.45) is 0 Å². The van der Waals surface area contributed by atoms with Crippen molar-refractivity contribution in [2.75, 3.05) is 19.8 Å². The Kier molecular flexibility index (Phi) is 13.9. The molecule has 0 aromatic heterocycles. The average molecular weight is 663 g/mol. The Balaban J connectivity index is 1.21. The molecular weight excluding hydrogens is 624 g/mol. The maximum absolute atomic E-state index is 12.7. The molecule has 4 aromatic carbocycles. The Morgan fingerprint density at radius 2 is 1.04 bits per heavy atom. The van der Waals surface area contributed by atoms with Gasteiger partial charge in [-0.1, -0.05) is 56.3 Å². The standard InChI is InChI=1S/C40H38O9/c1-3-5-26-47-38(42)25-10-29-8-11-30(12-9-29)31-13-21-35(22-14-31)48-40(44)33-17-23-36(24-18-33)49-39(43)32-15-19-34(20-16-32)45-27-6-7-28-46-37(41)4-2/h4,8-25H,2-3,5-7,26-28H2,1H3. The van der Waals surface area contributed by atoms with Crippen LogP contribution in [-0.2, 0) is 19.1 Å². The van der Waals surface area contributed by atoms with Gasteiger partial charge in [0.2, 0.25) is 0 Å². The van der Waals surface area contributed by atoms with Gasteiger partial charge in [0, 0.05) is 12.2 Å². The van der Waals surface area contributed by atoms with E-state index in [1.165, 1.54) is 30.3 Å². The molecule has 0 N–H and O–H groups in total. The number of benzene rings is 4. The van der Waals surface area contributed by atoms with E-state index in [0.29, 0.717) is 55.3 Å². The van der Waals surface area contributed by atoms with Gasteiger partial charge in [-0.05, 0) is 103 Å². The minimum atomic E-state index is -0.556. The van der Waals surface area contributed by atoms with Crippen LogP contribution in [0.2, 0.25) is 0 Å². The van der Waals surface area contributed by atoms with Crippen molar-refractivity contribution < 1.29 is 42.9 Å². The van der Waals surface area contributed by atoms with Gasteiger partial charge in [-0.3, -0.25) is 0 Å². The minimum absolute atomic E-state index is 0.275. The third-order valence-corrected chi connectivity index (χ3v) is 7.07. The Morgan fingerprint density at radius 3 is 1.59 bits per heavy atom. The van der Waals surface area contributed by atoms with Crippen molar-refractivity contribution in [3.63, 3.8) is 0 Å². The third-order valence-electron chi connectivity index (χ3n) is 7.07. The van der Waals surface area contributed by atoms with Gasteiger partial charge in [0.15, 0.2) is 0 Å². The fraction of sp³-hybridized carbons (Fsp3) is 0.200. The first-order valence-electron chi connectivity index (χ1n) is 16.0. The molecule has 0 heterocycles.